The summed E-state index contributed by atoms with van der Waals surface area (Å²) in [6.45, 7) is 3.64. The van der Waals surface area contributed by atoms with Gasteiger partial charge in [-0.25, -0.2) is 0 Å². The first-order valence-electron chi connectivity index (χ1n) is 5.73. The van der Waals surface area contributed by atoms with Crippen LogP contribution in [-0.4, -0.2) is 22.3 Å². The van der Waals surface area contributed by atoms with Crippen molar-refractivity contribution >= 4 is 23.1 Å². The molecule has 90 valence electrons. The normalized spacial score (nSPS) is 19.7. The molecule has 0 spiro atoms. The highest BCUT2D eigenvalue weighted by Crippen LogP contribution is 2.19. The first kappa shape index (κ1) is 12.0. The first-order valence-corrected chi connectivity index (χ1v) is 6.13. The van der Waals surface area contributed by atoms with Gasteiger partial charge in [-0.05, 0) is 11.5 Å². The second-order valence-corrected chi connectivity index (χ2v) is 5.08. The van der Waals surface area contributed by atoms with E-state index in [2.05, 4.69) is 6.92 Å². The molecule has 0 bridgehead atoms. The van der Waals surface area contributed by atoms with Crippen LogP contribution in [0.2, 0.25) is 0 Å². The van der Waals surface area contributed by atoms with Crippen LogP contribution in [-0.2, 0) is 11.3 Å². The van der Waals surface area contributed by atoms with Gasteiger partial charge in [0.25, 0.3) is 0 Å². The van der Waals surface area contributed by atoms with Crippen LogP contribution in [0.4, 0.5) is 0 Å². The summed E-state index contributed by atoms with van der Waals surface area (Å²) in [7, 11) is 0. The first-order chi connectivity index (χ1) is 8.06. The Balaban J connectivity index is 2.04. The maximum absolute atomic E-state index is 11.6. The Kier molecular flexibility index (Phi) is 3.43. The van der Waals surface area contributed by atoms with Crippen molar-refractivity contribution in [2.24, 2.45) is 11.7 Å². The zero-order valence-corrected chi connectivity index (χ0v) is 10.7. The minimum absolute atomic E-state index is 0.246. The third kappa shape index (κ3) is 2.82. The molecule has 4 heteroatoms. The number of hydrogen-bond acceptors (Lipinski definition) is 2. The van der Waals surface area contributed by atoms with E-state index < -0.39 is 0 Å². The molecule has 2 rings (SSSR count). The smallest absolute Gasteiger partial charge is 0.223 e. The Bertz CT molecular complexity index is 441. The van der Waals surface area contributed by atoms with Crippen LogP contribution in [0.3, 0.4) is 0 Å². The van der Waals surface area contributed by atoms with Gasteiger partial charge in [-0.15, -0.1) is 0 Å². The molecule has 17 heavy (non-hydrogen) atoms. The zero-order chi connectivity index (χ0) is 12.4. The third-order valence-corrected chi connectivity index (χ3v) is 3.26. The van der Waals surface area contributed by atoms with Gasteiger partial charge in [0.1, 0.15) is 4.99 Å². The summed E-state index contributed by atoms with van der Waals surface area (Å²) in [5.41, 5.74) is 7.52. The SMILES string of the molecule is CC1CC(=O)N(Cc2ccc(C(N)=S)cc2)C1. The molecule has 1 aromatic carbocycles. The number of carbonyl (C=O) groups is 1. The number of amides is 1. The number of hydrogen-bond donors (Lipinski definition) is 1. The fourth-order valence-electron chi connectivity index (χ4n) is 2.12. The molecule has 1 aliphatic rings. The highest BCUT2D eigenvalue weighted by molar-refractivity contribution is 7.80. The standard InChI is InChI=1S/C13H16N2OS/c1-9-6-12(16)15(7-9)8-10-2-4-11(5-3-10)13(14)17/h2-5,9H,6-8H2,1H3,(H2,14,17). The molecule has 0 aliphatic carbocycles. The van der Waals surface area contributed by atoms with Crippen molar-refractivity contribution in [1.29, 1.82) is 0 Å². The summed E-state index contributed by atoms with van der Waals surface area (Å²) in [4.78, 5) is 14.0. The van der Waals surface area contributed by atoms with Crippen molar-refractivity contribution in [3.8, 4) is 0 Å². The van der Waals surface area contributed by atoms with Crippen LogP contribution in [0.25, 0.3) is 0 Å². The molecule has 1 atom stereocenters. The molecule has 1 heterocycles. The van der Waals surface area contributed by atoms with E-state index in [4.69, 9.17) is 18.0 Å². The number of likely N-dealkylation sites (tertiary alicyclic amines) is 1. The summed E-state index contributed by atoms with van der Waals surface area (Å²) in [5, 5.41) is 0. The lowest BCUT2D eigenvalue weighted by atomic mass is 10.1. The molecule has 1 saturated heterocycles. The lowest BCUT2D eigenvalue weighted by Crippen LogP contribution is -2.24. The summed E-state index contributed by atoms with van der Waals surface area (Å²) < 4.78 is 0. The van der Waals surface area contributed by atoms with E-state index in [0.717, 1.165) is 17.7 Å². The maximum Gasteiger partial charge on any atom is 0.223 e. The number of thiocarbonyl (C=S) groups is 1. The fraction of sp³-hybridized carbons (Fsp3) is 0.385. The molecule has 1 fully saturated rings. The van der Waals surface area contributed by atoms with Gasteiger partial charge in [0.2, 0.25) is 5.91 Å². The highest BCUT2D eigenvalue weighted by Gasteiger charge is 2.25. The van der Waals surface area contributed by atoms with E-state index in [0.29, 0.717) is 23.9 Å². The molecule has 1 aromatic rings. The lowest BCUT2D eigenvalue weighted by molar-refractivity contribution is -0.128. The number of nitrogens with zero attached hydrogens (tertiary/aromatic N) is 1. The Labute approximate surface area is 107 Å². The van der Waals surface area contributed by atoms with Crippen molar-refractivity contribution in [2.45, 2.75) is 19.9 Å². The lowest BCUT2D eigenvalue weighted by Gasteiger charge is -2.16. The number of benzene rings is 1. The van der Waals surface area contributed by atoms with Gasteiger partial charge in [-0.3, -0.25) is 4.79 Å². The minimum atomic E-state index is 0.246. The molecule has 2 N–H and O–H groups in total. The van der Waals surface area contributed by atoms with Gasteiger partial charge in [0.05, 0.1) is 0 Å². The van der Waals surface area contributed by atoms with E-state index >= 15 is 0 Å². The average molecular weight is 248 g/mol. The topological polar surface area (TPSA) is 46.3 Å². The monoisotopic (exact) mass is 248 g/mol. The van der Waals surface area contributed by atoms with Crippen molar-refractivity contribution in [3.05, 3.63) is 35.4 Å². The van der Waals surface area contributed by atoms with Crippen molar-refractivity contribution < 1.29 is 4.79 Å². The predicted octanol–water partition coefficient (Wildman–Crippen LogP) is 1.69. The Morgan fingerprint density at radius 3 is 2.59 bits per heavy atom. The predicted molar refractivity (Wildman–Crippen MR) is 71.5 cm³/mol. The zero-order valence-electron chi connectivity index (χ0n) is 9.85. The van der Waals surface area contributed by atoms with E-state index in [-0.39, 0.29) is 5.91 Å². The van der Waals surface area contributed by atoms with Crippen molar-refractivity contribution in [1.82, 2.24) is 4.90 Å². The molecule has 1 unspecified atom stereocenters. The molecular formula is C13H16N2OS. The summed E-state index contributed by atoms with van der Waals surface area (Å²) >= 11 is 4.90. The van der Waals surface area contributed by atoms with Gasteiger partial charge < -0.3 is 10.6 Å². The van der Waals surface area contributed by atoms with Crippen molar-refractivity contribution in [2.75, 3.05) is 6.54 Å². The van der Waals surface area contributed by atoms with E-state index in [1.165, 1.54) is 0 Å². The Morgan fingerprint density at radius 2 is 2.12 bits per heavy atom. The molecule has 0 saturated carbocycles. The third-order valence-electron chi connectivity index (χ3n) is 3.02. The van der Waals surface area contributed by atoms with E-state index in [9.17, 15) is 4.79 Å². The highest BCUT2D eigenvalue weighted by atomic mass is 32.1. The van der Waals surface area contributed by atoms with E-state index in [1.54, 1.807) is 0 Å². The van der Waals surface area contributed by atoms with Gasteiger partial charge in [-0.2, -0.15) is 0 Å². The summed E-state index contributed by atoms with van der Waals surface area (Å²) in [6.07, 6.45) is 0.672. The fourth-order valence-corrected chi connectivity index (χ4v) is 2.25. The van der Waals surface area contributed by atoms with Crippen LogP contribution in [0.5, 0.6) is 0 Å². The van der Waals surface area contributed by atoms with Crippen molar-refractivity contribution in [3.63, 3.8) is 0 Å². The number of nitrogens with two attached hydrogens (primary N) is 1. The van der Waals surface area contributed by atoms with Gasteiger partial charge in [0, 0.05) is 25.1 Å². The largest absolute Gasteiger partial charge is 0.389 e. The van der Waals surface area contributed by atoms with Crippen LogP contribution in [0, 0.1) is 5.92 Å². The van der Waals surface area contributed by atoms with Crippen LogP contribution < -0.4 is 5.73 Å². The Morgan fingerprint density at radius 1 is 1.47 bits per heavy atom. The second-order valence-electron chi connectivity index (χ2n) is 4.64. The molecule has 0 aromatic heterocycles. The molecule has 3 nitrogen and oxygen atoms in total. The average Bonchev–Trinajstić information content (AvgIpc) is 2.58. The number of carbonyl (C=O) groups excluding carboxylic acids is 1. The minimum Gasteiger partial charge on any atom is -0.389 e. The molecule has 1 amide bonds. The van der Waals surface area contributed by atoms with Gasteiger partial charge in [-0.1, -0.05) is 43.4 Å². The van der Waals surface area contributed by atoms with Crippen LogP contribution in [0.1, 0.15) is 24.5 Å². The van der Waals surface area contributed by atoms with Crippen LogP contribution in [0.15, 0.2) is 24.3 Å². The number of rotatable bonds is 3. The van der Waals surface area contributed by atoms with Gasteiger partial charge >= 0.3 is 0 Å². The second kappa shape index (κ2) is 4.84. The van der Waals surface area contributed by atoms with Crippen LogP contribution >= 0.6 is 12.2 Å². The maximum atomic E-state index is 11.6. The van der Waals surface area contributed by atoms with Gasteiger partial charge in [0.15, 0.2) is 0 Å². The molecular weight excluding hydrogens is 232 g/mol. The molecule has 0 radical (unpaired) electrons. The Hall–Kier alpha value is -1.42. The summed E-state index contributed by atoms with van der Waals surface area (Å²) in [6, 6.07) is 7.76. The van der Waals surface area contributed by atoms with E-state index in [1.807, 2.05) is 29.2 Å². The summed E-state index contributed by atoms with van der Waals surface area (Å²) in [5.74, 6) is 0.717. The quantitative estimate of drug-likeness (QED) is 0.828. The molecule has 1 aliphatic heterocycles.